The molecule has 0 spiro atoms. The molecule has 0 bridgehead atoms. The molecule has 4 N–H and O–H groups in total. The summed E-state index contributed by atoms with van der Waals surface area (Å²) in [6, 6.07) is 0. The maximum atomic E-state index is 10.5. The van der Waals surface area contributed by atoms with Crippen molar-refractivity contribution in [1.29, 1.82) is 0 Å². The van der Waals surface area contributed by atoms with Crippen molar-refractivity contribution in [3.63, 3.8) is 0 Å². The lowest BCUT2D eigenvalue weighted by atomic mass is 9.99. The Balaban J connectivity index is 2.35. The summed E-state index contributed by atoms with van der Waals surface area (Å²) >= 11 is 0. The number of ether oxygens (including phenoxy) is 2. The Bertz CT molecular complexity index is 334. The summed E-state index contributed by atoms with van der Waals surface area (Å²) in [7, 11) is 0. The lowest BCUT2D eigenvalue weighted by Crippen LogP contribution is -2.37. The molecule has 1 fully saturated rings. The summed E-state index contributed by atoms with van der Waals surface area (Å²) in [6.45, 7) is 8.85. The van der Waals surface area contributed by atoms with Gasteiger partial charge in [0.1, 0.15) is 6.23 Å². The van der Waals surface area contributed by atoms with Gasteiger partial charge < -0.3 is 25.4 Å². The van der Waals surface area contributed by atoms with Gasteiger partial charge in [0.2, 0.25) is 0 Å². The number of rotatable bonds is 15. The minimum absolute atomic E-state index is 0.0150. The van der Waals surface area contributed by atoms with Crippen molar-refractivity contribution in [3.8, 4) is 0 Å². The predicted octanol–water partition coefficient (Wildman–Crippen LogP) is 3.41. The van der Waals surface area contributed by atoms with Crippen molar-refractivity contribution >= 4 is 0 Å². The number of aliphatic hydroxyl groups is 2. The fourth-order valence-electron chi connectivity index (χ4n) is 3.09. The van der Waals surface area contributed by atoms with E-state index < -0.39 is 12.4 Å². The van der Waals surface area contributed by atoms with Gasteiger partial charge in [0, 0.05) is 12.5 Å². The van der Waals surface area contributed by atoms with Crippen LogP contribution in [0.25, 0.3) is 0 Å². The van der Waals surface area contributed by atoms with E-state index in [0.29, 0.717) is 18.4 Å². The summed E-state index contributed by atoms with van der Waals surface area (Å²) in [5.41, 5.74) is 5.55. The van der Waals surface area contributed by atoms with Gasteiger partial charge in [-0.3, -0.25) is 0 Å². The molecule has 0 radical (unpaired) electrons. The van der Waals surface area contributed by atoms with Crippen LogP contribution in [0.15, 0.2) is 0 Å². The zero-order valence-electron chi connectivity index (χ0n) is 16.7. The average Bonchev–Trinajstić information content (AvgIpc) is 3.37. The smallest absolute Gasteiger partial charge is 0.157 e. The molecule has 5 atom stereocenters. The SMILES string of the molecule is CC(C)CCCCC(OC(O)C(C)CCCOC(C)N)C(O)C1CC1. The third-order valence-electron chi connectivity index (χ3n) is 4.99. The van der Waals surface area contributed by atoms with Gasteiger partial charge in [-0.1, -0.05) is 40.0 Å². The third-order valence-corrected chi connectivity index (χ3v) is 4.99. The van der Waals surface area contributed by atoms with E-state index in [1.165, 1.54) is 6.42 Å². The maximum Gasteiger partial charge on any atom is 0.157 e. The summed E-state index contributed by atoms with van der Waals surface area (Å²) in [6.07, 6.45) is 6.23. The van der Waals surface area contributed by atoms with Crippen LogP contribution in [0, 0.1) is 17.8 Å². The minimum Gasteiger partial charge on any atom is -0.390 e. The molecule has 0 heterocycles. The summed E-state index contributed by atoms with van der Waals surface area (Å²) < 4.78 is 11.2. The van der Waals surface area contributed by atoms with Crippen LogP contribution in [-0.2, 0) is 9.47 Å². The van der Waals surface area contributed by atoms with Crippen LogP contribution in [0.1, 0.15) is 79.1 Å². The van der Waals surface area contributed by atoms with E-state index in [9.17, 15) is 10.2 Å². The first kappa shape index (κ1) is 22.8. The quantitative estimate of drug-likeness (QED) is 0.308. The first-order valence-electron chi connectivity index (χ1n) is 10.2. The van der Waals surface area contributed by atoms with Crippen LogP contribution >= 0.6 is 0 Å². The van der Waals surface area contributed by atoms with E-state index in [2.05, 4.69) is 13.8 Å². The van der Waals surface area contributed by atoms with E-state index in [1.807, 2.05) is 13.8 Å². The van der Waals surface area contributed by atoms with Crippen LogP contribution in [0.5, 0.6) is 0 Å². The molecule has 25 heavy (non-hydrogen) atoms. The molecule has 0 saturated heterocycles. The second-order valence-electron chi connectivity index (χ2n) is 8.27. The molecule has 0 aromatic heterocycles. The number of aliphatic hydroxyl groups excluding tert-OH is 2. The Kier molecular flexibility index (Phi) is 11.2. The van der Waals surface area contributed by atoms with Gasteiger partial charge in [0.15, 0.2) is 6.29 Å². The van der Waals surface area contributed by atoms with Gasteiger partial charge in [-0.2, -0.15) is 0 Å². The van der Waals surface area contributed by atoms with Crippen LogP contribution in [0.2, 0.25) is 0 Å². The zero-order valence-corrected chi connectivity index (χ0v) is 16.7. The van der Waals surface area contributed by atoms with Gasteiger partial charge in [-0.15, -0.1) is 0 Å². The molecule has 1 rings (SSSR count). The first-order chi connectivity index (χ1) is 11.8. The van der Waals surface area contributed by atoms with Gasteiger partial charge in [-0.05, 0) is 50.9 Å². The van der Waals surface area contributed by atoms with Crippen molar-refractivity contribution in [2.75, 3.05) is 6.61 Å². The van der Waals surface area contributed by atoms with Crippen LogP contribution < -0.4 is 5.73 Å². The average molecular weight is 360 g/mol. The highest BCUT2D eigenvalue weighted by Crippen LogP contribution is 2.36. The lowest BCUT2D eigenvalue weighted by molar-refractivity contribution is -0.192. The van der Waals surface area contributed by atoms with Crippen molar-refractivity contribution in [1.82, 2.24) is 0 Å². The van der Waals surface area contributed by atoms with Crippen LogP contribution in [0.4, 0.5) is 0 Å². The lowest BCUT2D eigenvalue weighted by Gasteiger charge is -2.29. The van der Waals surface area contributed by atoms with Gasteiger partial charge in [0.05, 0.1) is 12.2 Å². The third kappa shape index (κ3) is 10.5. The molecule has 5 unspecified atom stereocenters. The fourth-order valence-corrected chi connectivity index (χ4v) is 3.09. The maximum absolute atomic E-state index is 10.5. The molecular formula is C20H41NO4. The van der Waals surface area contributed by atoms with Crippen molar-refractivity contribution < 1.29 is 19.7 Å². The monoisotopic (exact) mass is 359 g/mol. The number of hydrogen-bond donors (Lipinski definition) is 3. The Morgan fingerprint density at radius 2 is 1.60 bits per heavy atom. The van der Waals surface area contributed by atoms with E-state index in [1.54, 1.807) is 0 Å². The fraction of sp³-hybridized carbons (Fsp3) is 1.00. The largest absolute Gasteiger partial charge is 0.390 e. The highest BCUT2D eigenvalue weighted by Gasteiger charge is 2.37. The molecule has 1 aliphatic rings. The summed E-state index contributed by atoms with van der Waals surface area (Å²) in [5.74, 6) is 1.08. The number of hydrogen-bond acceptors (Lipinski definition) is 5. The first-order valence-corrected chi connectivity index (χ1v) is 10.2. The van der Waals surface area contributed by atoms with Crippen LogP contribution in [0.3, 0.4) is 0 Å². The summed E-state index contributed by atoms with van der Waals surface area (Å²) in [5, 5.41) is 20.9. The number of unbranched alkanes of at least 4 members (excludes halogenated alkanes) is 1. The Labute approximate surface area is 154 Å². The van der Waals surface area contributed by atoms with Gasteiger partial charge in [-0.25, -0.2) is 0 Å². The molecule has 1 saturated carbocycles. The molecule has 5 heteroatoms. The molecule has 5 nitrogen and oxygen atoms in total. The molecule has 0 aromatic carbocycles. The molecule has 150 valence electrons. The molecule has 1 aliphatic carbocycles. The molecule has 0 amide bonds. The molecule has 0 aromatic rings. The normalized spacial score (nSPS) is 21.1. The van der Waals surface area contributed by atoms with E-state index >= 15 is 0 Å². The second kappa shape index (κ2) is 12.2. The summed E-state index contributed by atoms with van der Waals surface area (Å²) in [4.78, 5) is 0. The van der Waals surface area contributed by atoms with E-state index in [-0.39, 0.29) is 18.2 Å². The zero-order chi connectivity index (χ0) is 18.8. The standard InChI is InChI=1S/C20H41NO4/c1-14(2)8-5-6-10-18(19(22)17-11-12-17)25-20(23)15(3)9-7-13-24-16(4)21/h14-20,22-23H,5-13,21H2,1-4H3. The van der Waals surface area contributed by atoms with Crippen molar-refractivity contribution in [3.05, 3.63) is 0 Å². The highest BCUT2D eigenvalue weighted by molar-refractivity contribution is 4.86. The molecular weight excluding hydrogens is 318 g/mol. The highest BCUT2D eigenvalue weighted by atomic mass is 16.6. The molecule has 0 aliphatic heterocycles. The van der Waals surface area contributed by atoms with Crippen molar-refractivity contribution in [2.45, 2.75) is 104 Å². The van der Waals surface area contributed by atoms with E-state index in [4.69, 9.17) is 15.2 Å². The predicted molar refractivity (Wildman–Crippen MR) is 101 cm³/mol. The van der Waals surface area contributed by atoms with E-state index in [0.717, 1.165) is 44.9 Å². The number of nitrogens with two attached hydrogens (primary N) is 1. The van der Waals surface area contributed by atoms with Gasteiger partial charge in [0.25, 0.3) is 0 Å². The topological polar surface area (TPSA) is 84.9 Å². The Morgan fingerprint density at radius 3 is 2.16 bits per heavy atom. The van der Waals surface area contributed by atoms with Crippen molar-refractivity contribution in [2.24, 2.45) is 23.5 Å². The minimum atomic E-state index is -0.834. The van der Waals surface area contributed by atoms with Crippen LogP contribution in [-0.4, -0.2) is 41.5 Å². The Morgan fingerprint density at radius 1 is 0.960 bits per heavy atom. The second-order valence-corrected chi connectivity index (χ2v) is 8.27. The van der Waals surface area contributed by atoms with Gasteiger partial charge >= 0.3 is 0 Å². The Hall–Kier alpha value is -0.200.